The second-order valence-electron chi connectivity index (χ2n) is 3.56. The van der Waals surface area contributed by atoms with Gasteiger partial charge in [-0.25, -0.2) is 4.79 Å². The van der Waals surface area contributed by atoms with Crippen LogP contribution in [0.1, 0.15) is 15.9 Å². The number of ether oxygens (including phenoxy) is 1. The van der Waals surface area contributed by atoms with Crippen LogP contribution in [0.25, 0.3) is 10.8 Å². The molecule has 0 aromatic heterocycles. The first kappa shape index (κ1) is 10.6. The number of carbonyl (C=O) groups is 1. The fourth-order valence-corrected chi connectivity index (χ4v) is 1.77. The molecule has 0 amide bonds. The SMILES string of the molecule is COC(=O)c1cc(CN)cc2ccccc12. The highest BCUT2D eigenvalue weighted by atomic mass is 16.5. The number of methoxy groups -OCH3 is 1. The van der Waals surface area contributed by atoms with Gasteiger partial charge in [0.25, 0.3) is 0 Å². The maximum atomic E-state index is 11.6. The lowest BCUT2D eigenvalue weighted by Crippen LogP contribution is -2.05. The van der Waals surface area contributed by atoms with Gasteiger partial charge in [-0.05, 0) is 28.5 Å². The molecule has 0 atom stereocenters. The molecule has 2 N–H and O–H groups in total. The highest BCUT2D eigenvalue weighted by molar-refractivity contribution is 6.04. The van der Waals surface area contributed by atoms with Crippen LogP contribution in [0.15, 0.2) is 36.4 Å². The monoisotopic (exact) mass is 215 g/mol. The van der Waals surface area contributed by atoms with Crippen LogP contribution in [0.2, 0.25) is 0 Å². The summed E-state index contributed by atoms with van der Waals surface area (Å²) >= 11 is 0. The summed E-state index contributed by atoms with van der Waals surface area (Å²) in [6.07, 6.45) is 0. The van der Waals surface area contributed by atoms with Crippen LogP contribution >= 0.6 is 0 Å². The molecule has 0 saturated heterocycles. The minimum absolute atomic E-state index is 0.327. The maximum Gasteiger partial charge on any atom is 0.338 e. The maximum absolute atomic E-state index is 11.6. The topological polar surface area (TPSA) is 52.3 Å². The van der Waals surface area contributed by atoms with Crippen LogP contribution in [0.4, 0.5) is 0 Å². The molecule has 0 bridgehead atoms. The molecule has 3 heteroatoms. The van der Waals surface area contributed by atoms with E-state index in [4.69, 9.17) is 10.5 Å². The van der Waals surface area contributed by atoms with Gasteiger partial charge in [0.2, 0.25) is 0 Å². The summed E-state index contributed by atoms with van der Waals surface area (Å²) in [5, 5.41) is 1.90. The van der Waals surface area contributed by atoms with Crippen molar-refractivity contribution in [3.8, 4) is 0 Å². The number of benzene rings is 2. The summed E-state index contributed by atoms with van der Waals surface area (Å²) in [5.74, 6) is -0.327. The van der Waals surface area contributed by atoms with Gasteiger partial charge in [-0.3, -0.25) is 0 Å². The molecular weight excluding hydrogens is 202 g/mol. The van der Waals surface area contributed by atoms with Gasteiger partial charge in [-0.15, -0.1) is 0 Å². The minimum atomic E-state index is -0.327. The fourth-order valence-electron chi connectivity index (χ4n) is 1.77. The van der Waals surface area contributed by atoms with Crippen LogP contribution < -0.4 is 5.73 Å². The third-order valence-electron chi connectivity index (χ3n) is 2.56. The second kappa shape index (κ2) is 4.33. The zero-order chi connectivity index (χ0) is 11.5. The number of rotatable bonds is 2. The Hall–Kier alpha value is -1.87. The summed E-state index contributed by atoms with van der Waals surface area (Å²) in [6, 6.07) is 11.5. The van der Waals surface area contributed by atoms with Crippen molar-refractivity contribution in [2.24, 2.45) is 5.73 Å². The number of hydrogen-bond acceptors (Lipinski definition) is 3. The van der Waals surface area contributed by atoms with Crippen molar-refractivity contribution in [2.75, 3.05) is 7.11 Å². The highest BCUT2D eigenvalue weighted by Crippen LogP contribution is 2.21. The second-order valence-corrected chi connectivity index (χ2v) is 3.56. The van der Waals surface area contributed by atoms with E-state index in [0.29, 0.717) is 12.1 Å². The molecule has 82 valence electrons. The molecule has 2 aromatic rings. The predicted molar refractivity (Wildman–Crippen MR) is 63.2 cm³/mol. The molecule has 0 aliphatic rings. The van der Waals surface area contributed by atoms with Crippen molar-refractivity contribution >= 4 is 16.7 Å². The summed E-state index contributed by atoms with van der Waals surface area (Å²) in [6.45, 7) is 0.412. The van der Waals surface area contributed by atoms with E-state index in [1.807, 2.05) is 30.3 Å². The number of fused-ring (bicyclic) bond motifs is 1. The van der Waals surface area contributed by atoms with Crippen LogP contribution in [0.3, 0.4) is 0 Å². The van der Waals surface area contributed by atoms with E-state index >= 15 is 0 Å². The average Bonchev–Trinajstić information content (AvgIpc) is 2.36. The molecule has 0 saturated carbocycles. The normalized spacial score (nSPS) is 10.4. The molecule has 2 rings (SSSR count). The van der Waals surface area contributed by atoms with E-state index in [2.05, 4.69) is 0 Å². The highest BCUT2D eigenvalue weighted by Gasteiger charge is 2.11. The van der Waals surface area contributed by atoms with Crippen molar-refractivity contribution in [1.29, 1.82) is 0 Å². The van der Waals surface area contributed by atoms with E-state index in [0.717, 1.165) is 16.3 Å². The van der Waals surface area contributed by atoms with Gasteiger partial charge in [-0.1, -0.05) is 24.3 Å². The number of carbonyl (C=O) groups excluding carboxylic acids is 1. The molecule has 0 aliphatic carbocycles. The average molecular weight is 215 g/mol. The lowest BCUT2D eigenvalue weighted by molar-refractivity contribution is 0.0603. The van der Waals surface area contributed by atoms with E-state index < -0.39 is 0 Å². The molecule has 0 radical (unpaired) electrons. The molecule has 0 aliphatic heterocycles. The van der Waals surface area contributed by atoms with Crippen molar-refractivity contribution in [3.05, 3.63) is 47.5 Å². The quantitative estimate of drug-likeness (QED) is 0.780. The lowest BCUT2D eigenvalue weighted by Gasteiger charge is -2.07. The zero-order valence-electron chi connectivity index (χ0n) is 9.07. The fraction of sp³-hybridized carbons (Fsp3) is 0.154. The van der Waals surface area contributed by atoms with Gasteiger partial charge in [0.05, 0.1) is 12.7 Å². The zero-order valence-corrected chi connectivity index (χ0v) is 9.07. The van der Waals surface area contributed by atoms with E-state index in [-0.39, 0.29) is 5.97 Å². The van der Waals surface area contributed by atoms with Crippen molar-refractivity contribution in [3.63, 3.8) is 0 Å². The molecule has 0 unspecified atom stereocenters. The Morgan fingerprint density at radius 3 is 2.75 bits per heavy atom. The Morgan fingerprint density at radius 1 is 1.31 bits per heavy atom. The van der Waals surface area contributed by atoms with Crippen molar-refractivity contribution < 1.29 is 9.53 Å². The Balaban J connectivity index is 2.73. The Morgan fingerprint density at radius 2 is 2.06 bits per heavy atom. The minimum Gasteiger partial charge on any atom is -0.465 e. The van der Waals surface area contributed by atoms with E-state index in [1.165, 1.54) is 7.11 Å². The van der Waals surface area contributed by atoms with Crippen LogP contribution in [0, 0.1) is 0 Å². The van der Waals surface area contributed by atoms with E-state index in [1.54, 1.807) is 6.07 Å². The van der Waals surface area contributed by atoms with Crippen molar-refractivity contribution in [1.82, 2.24) is 0 Å². The van der Waals surface area contributed by atoms with Gasteiger partial charge in [0.1, 0.15) is 0 Å². The smallest absolute Gasteiger partial charge is 0.338 e. The molecule has 16 heavy (non-hydrogen) atoms. The molecule has 0 heterocycles. The van der Waals surface area contributed by atoms with Crippen molar-refractivity contribution in [2.45, 2.75) is 6.54 Å². The van der Waals surface area contributed by atoms with Crippen LogP contribution in [-0.4, -0.2) is 13.1 Å². The summed E-state index contributed by atoms with van der Waals surface area (Å²) in [4.78, 5) is 11.6. The standard InChI is InChI=1S/C13H13NO2/c1-16-13(15)12-7-9(8-14)6-10-4-2-3-5-11(10)12/h2-7H,8,14H2,1H3. The van der Waals surface area contributed by atoms with Crippen LogP contribution in [0.5, 0.6) is 0 Å². The Bertz CT molecular complexity index is 534. The van der Waals surface area contributed by atoms with Gasteiger partial charge in [0.15, 0.2) is 0 Å². The molecular formula is C13H13NO2. The Kier molecular flexibility index (Phi) is 2.88. The number of esters is 1. The third kappa shape index (κ3) is 1.77. The summed E-state index contributed by atoms with van der Waals surface area (Å²) < 4.78 is 4.76. The number of nitrogens with two attached hydrogens (primary N) is 1. The first-order valence-electron chi connectivity index (χ1n) is 5.06. The van der Waals surface area contributed by atoms with E-state index in [9.17, 15) is 4.79 Å². The van der Waals surface area contributed by atoms with Gasteiger partial charge in [0, 0.05) is 6.54 Å². The predicted octanol–water partition coefficient (Wildman–Crippen LogP) is 2.09. The summed E-state index contributed by atoms with van der Waals surface area (Å²) in [7, 11) is 1.38. The molecule has 0 fully saturated rings. The summed E-state index contributed by atoms with van der Waals surface area (Å²) in [5.41, 5.74) is 7.10. The number of hydrogen-bond donors (Lipinski definition) is 1. The largest absolute Gasteiger partial charge is 0.465 e. The van der Waals surface area contributed by atoms with Gasteiger partial charge < -0.3 is 10.5 Å². The first-order chi connectivity index (χ1) is 7.76. The molecule has 3 nitrogen and oxygen atoms in total. The van der Waals surface area contributed by atoms with Gasteiger partial charge >= 0.3 is 5.97 Å². The Labute approximate surface area is 93.8 Å². The molecule has 0 spiro atoms. The first-order valence-corrected chi connectivity index (χ1v) is 5.06. The lowest BCUT2D eigenvalue weighted by atomic mass is 10.0. The van der Waals surface area contributed by atoms with Gasteiger partial charge in [-0.2, -0.15) is 0 Å². The third-order valence-corrected chi connectivity index (χ3v) is 2.56. The van der Waals surface area contributed by atoms with Crippen LogP contribution in [-0.2, 0) is 11.3 Å². The molecule has 2 aromatic carbocycles.